The van der Waals surface area contributed by atoms with Gasteiger partial charge in [0.15, 0.2) is 6.10 Å². The van der Waals surface area contributed by atoms with Gasteiger partial charge in [-0.25, -0.2) is 14.2 Å². The summed E-state index contributed by atoms with van der Waals surface area (Å²) in [5.41, 5.74) is 2.53. The van der Waals surface area contributed by atoms with Crippen LogP contribution in [0.4, 0.5) is 15.1 Å². The van der Waals surface area contributed by atoms with E-state index in [0.717, 1.165) is 16.7 Å². The summed E-state index contributed by atoms with van der Waals surface area (Å²) in [4.78, 5) is 23.4. The molecule has 0 radical (unpaired) electrons. The number of pyridine rings is 1. The highest BCUT2D eigenvalue weighted by molar-refractivity contribution is 5.79. The highest BCUT2D eigenvalue weighted by Crippen LogP contribution is 2.28. The lowest BCUT2D eigenvalue weighted by Crippen LogP contribution is -2.51. The summed E-state index contributed by atoms with van der Waals surface area (Å²) < 4.78 is 22.1. The lowest BCUT2D eigenvalue weighted by atomic mass is 10.1. The Bertz CT molecular complexity index is 1180. The maximum Gasteiger partial charge on any atom is 0.407 e. The molecular formula is C24H27FN6O2. The molecule has 172 valence electrons. The zero-order valence-electron chi connectivity index (χ0n) is 19.0. The number of nitrogens with one attached hydrogen (secondary N) is 1. The first-order valence-corrected chi connectivity index (χ1v) is 10.9. The van der Waals surface area contributed by atoms with Crippen molar-refractivity contribution in [2.75, 3.05) is 18.0 Å². The molecule has 0 bridgehead atoms. The molecule has 9 heteroatoms. The van der Waals surface area contributed by atoms with E-state index in [2.05, 4.69) is 16.4 Å². The summed E-state index contributed by atoms with van der Waals surface area (Å²) >= 11 is 0. The Morgan fingerprint density at radius 2 is 2.09 bits per heavy atom. The maximum atomic E-state index is 14.7. The van der Waals surface area contributed by atoms with Gasteiger partial charge in [0.05, 0.1) is 35.4 Å². The monoisotopic (exact) mass is 450 g/mol. The minimum absolute atomic E-state index is 0.197. The molecule has 3 heterocycles. The second kappa shape index (κ2) is 9.06. The van der Waals surface area contributed by atoms with Gasteiger partial charge >= 0.3 is 6.09 Å². The fraction of sp³-hybridized carbons (Fsp3) is 0.417. The van der Waals surface area contributed by atoms with Crippen molar-refractivity contribution >= 4 is 23.1 Å². The fourth-order valence-electron chi connectivity index (χ4n) is 3.86. The molecule has 3 aromatic rings. The SMILES string of the molecule is CC(C)(C)NC(=O)O[C@@H]1CN(c2nc3ccccc3n2Cc2ccc(C#N)cn2)CC[C@H]1F. The van der Waals surface area contributed by atoms with E-state index in [9.17, 15) is 9.18 Å². The van der Waals surface area contributed by atoms with Crippen LogP contribution in [0.5, 0.6) is 0 Å². The van der Waals surface area contributed by atoms with Crippen molar-refractivity contribution in [2.45, 2.75) is 51.6 Å². The lowest BCUT2D eigenvalue weighted by Gasteiger charge is -2.35. The van der Waals surface area contributed by atoms with Gasteiger partial charge in [-0.05, 0) is 51.5 Å². The van der Waals surface area contributed by atoms with E-state index in [1.807, 2.05) is 60.6 Å². The van der Waals surface area contributed by atoms with Crippen molar-refractivity contribution in [3.8, 4) is 6.07 Å². The molecule has 1 N–H and O–H groups in total. The molecular weight excluding hydrogens is 423 g/mol. The van der Waals surface area contributed by atoms with Gasteiger partial charge < -0.3 is 19.5 Å². The average molecular weight is 451 g/mol. The summed E-state index contributed by atoms with van der Waals surface area (Å²) in [6.07, 6.45) is -1.01. The Kier molecular flexibility index (Phi) is 6.18. The van der Waals surface area contributed by atoms with Gasteiger partial charge in [-0.2, -0.15) is 5.26 Å². The van der Waals surface area contributed by atoms with Crippen molar-refractivity contribution in [2.24, 2.45) is 0 Å². The molecule has 1 aliphatic rings. The fourth-order valence-corrected chi connectivity index (χ4v) is 3.86. The van der Waals surface area contributed by atoms with Crippen LogP contribution in [0.15, 0.2) is 42.6 Å². The summed E-state index contributed by atoms with van der Waals surface area (Å²) in [5.74, 6) is 0.666. The standard InChI is InChI=1S/C24H27FN6O2/c1-24(2,3)29-23(32)33-21-15-30(11-10-18(21)25)22-28-19-6-4-5-7-20(19)31(22)14-17-9-8-16(12-26)13-27-17/h4-9,13,18,21H,10-11,14-15H2,1-3H3,(H,29,32)/t18-,21-/m1/s1. The summed E-state index contributed by atoms with van der Waals surface area (Å²) in [5, 5.41) is 11.7. The maximum absolute atomic E-state index is 14.7. The number of piperidine rings is 1. The number of halogens is 1. The number of fused-ring (bicyclic) bond motifs is 1. The Balaban J connectivity index is 1.61. The Morgan fingerprint density at radius 1 is 1.30 bits per heavy atom. The van der Waals surface area contributed by atoms with E-state index in [4.69, 9.17) is 15.0 Å². The van der Waals surface area contributed by atoms with Gasteiger partial charge in [0.25, 0.3) is 0 Å². The summed E-state index contributed by atoms with van der Waals surface area (Å²) in [7, 11) is 0. The van der Waals surface area contributed by atoms with Crippen LogP contribution in [0.3, 0.4) is 0 Å². The van der Waals surface area contributed by atoms with Crippen LogP contribution in [0.1, 0.15) is 38.4 Å². The van der Waals surface area contributed by atoms with Crippen molar-refractivity contribution in [1.29, 1.82) is 5.26 Å². The highest BCUT2D eigenvalue weighted by Gasteiger charge is 2.35. The number of nitrogens with zero attached hydrogens (tertiary/aromatic N) is 5. The van der Waals surface area contributed by atoms with Crippen LogP contribution < -0.4 is 10.2 Å². The number of ether oxygens (including phenoxy) is 1. The van der Waals surface area contributed by atoms with Crippen molar-refractivity contribution in [1.82, 2.24) is 19.9 Å². The molecule has 0 spiro atoms. The molecule has 1 aliphatic heterocycles. The smallest absolute Gasteiger partial charge is 0.407 e. The highest BCUT2D eigenvalue weighted by atomic mass is 19.1. The Morgan fingerprint density at radius 3 is 2.79 bits per heavy atom. The molecule has 2 aromatic heterocycles. The number of rotatable bonds is 4. The summed E-state index contributed by atoms with van der Waals surface area (Å²) in [6.45, 7) is 6.61. The zero-order valence-corrected chi connectivity index (χ0v) is 19.0. The average Bonchev–Trinajstić information content (AvgIpc) is 3.13. The first kappa shape index (κ1) is 22.5. The molecule has 2 atom stereocenters. The van der Waals surface area contributed by atoms with Gasteiger partial charge in [-0.1, -0.05) is 12.1 Å². The number of hydrogen-bond donors (Lipinski definition) is 1. The van der Waals surface area contributed by atoms with E-state index in [1.165, 1.54) is 0 Å². The van der Waals surface area contributed by atoms with Crippen LogP contribution >= 0.6 is 0 Å². The number of alkyl carbamates (subject to hydrolysis) is 1. The van der Waals surface area contributed by atoms with Crippen molar-refractivity contribution in [3.63, 3.8) is 0 Å². The van der Waals surface area contributed by atoms with Crippen LogP contribution in [-0.4, -0.2) is 51.5 Å². The molecule has 0 unspecified atom stereocenters. The number of nitriles is 1. The number of benzene rings is 1. The van der Waals surface area contributed by atoms with E-state index in [0.29, 0.717) is 24.6 Å². The predicted octanol–water partition coefficient (Wildman–Crippen LogP) is 3.79. The molecule has 33 heavy (non-hydrogen) atoms. The van der Waals surface area contributed by atoms with E-state index >= 15 is 0 Å². The molecule has 8 nitrogen and oxygen atoms in total. The zero-order chi connectivity index (χ0) is 23.6. The van der Waals surface area contributed by atoms with Crippen molar-refractivity contribution < 1.29 is 13.9 Å². The largest absolute Gasteiger partial charge is 0.441 e. The quantitative estimate of drug-likeness (QED) is 0.650. The van der Waals surface area contributed by atoms with E-state index < -0.39 is 23.9 Å². The molecule has 0 aliphatic carbocycles. The number of para-hydroxylation sites is 2. The second-order valence-electron chi connectivity index (χ2n) is 9.21. The van der Waals surface area contributed by atoms with Crippen molar-refractivity contribution in [3.05, 3.63) is 53.9 Å². The van der Waals surface area contributed by atoms with Gasteiger partial charge in [0.1, 0.15) is 12.2 Å². The third-order valence-corrected chi connectivity index (χ3v) is 5.41. The number of anilines is 1. The van der Waals surface area contributed by atoms with Crippen LogP contribution in [0.25, 0.3) is 11.0 Å². The Hall–Kier alpha value is -3.67. The van der Waals surface area contributed by atoms with Crippen LogP contribution in [-0.2, 0) is 11.3 Å². The minimum Gasteiger partial charge on any atom is -0.441 e. The first-order valence-electron chi connectivity index (χ1n) is 10.9. The van der Waals surface area contributed by atoms with Crippen LogP contribution in [0, 0.1) is 11.3 Å². The molecule has 0 saturated carbocycles. The van der Waals surface area contributed by atoms with Gasteiger partial charge in [0, 0.05) is 18.3 Å². The van der Waals surface area contributed by atoms with E-state index in [1.54, 1.807) is 12.3 Å². The van der Waals surface area contributed by atoms with Gasteiger partial charge in [-0.3, -0.25) is 4.98 Å². The van der Waals surface area contributed by atoms with E-state index in [-0.39, 0.29) is 13.0 Å². The van der Waals surface area contributed by atoms with Gasteiger partial charge in [0.2, 0.25) is 5.95 Å². The second-order valence-corrected chi connectivity index (χ2v) is 9.21. The number of hydrogen-bond acceptors (Lipinski definition) is 6. The first-order chi connectivity index (χ1) is 15.7. The third kappa shape index (κ3) is 5.22. The number of carbonyl (C=O) groups excluding carboxylic acids is 1. The number of aromatic nitrogens is 3. The Labute approximate surface area is 192 Å². The van der Waals surface area contributed by atoms with Gasteiger partial charge in [-0.15, -0.1) is 0 Å². The molecule has 4 rings (SSSR count). The molecule has 1 fully saturated rings. The number of amides is 1. The number of carbonyl (C=O) groups is 1. The molecule has 1 amide bonds. The van der Waals surface area contributed by atoms with Crippen LogP contribution in [0.2, 0.25) is 0 Å². The number of imidazole rings is 1. The third-order valence-electron chi connectivity index (χ3n) is 5.41. The summed E-state index contributed by atoms with van der Waals surface area (Å²) in [6, 6.07) is 13.4. The molecule has 1 saturated heterocycles. The lowest BCUT2D eigenvalue weighted by molar-refractivity contribution is 0.0319. The molecule has 1 aromatic carbocycles. The topological polar surface area (TPSA) is 96.1 Å². The predicted molar refractivity (Wildman–Crippen MR) is 123 cm³/mol. The normalized spacial score (nSPS) is 18.7. The minimum atomic E-state index is -1.25. The number of alkyl halides is 1.